The van der Waals surface area contributed by atoms with Gasteiger partial charge in [0.2, 0.25) is 0 Å². The first-order chi connectivity index (χ1) is 18.0. The van der Waals surface area contributed by atoms with Crippen LogP contribution in [0.2, 0.25) is 0 Å². The summed E-state index contributed by atoms with van der Waals surface area (Å²) in [6.07, 6.45) is 4.48. The van der Waals surface area contributed by atoms with Crippen molar-refractivity contribution in [3.8, 4) is 23.3 Å². The van der Waals surface area contributed by atoms with Crippen LogP contribution in [0.5, 0.6) is 11.5 Å². The third-order valence-corrected chi connectivity index (χ3v) is 6.61. The van der Waals surface area contributed by atoms with Crippen molar-refractivity contribution in [2.45, 2.75) is 24.7 Å². The Bertz CT molecular complexity index is 1390. The zero-order valence-electron chi connectivity index (χ0n) is 20.6. The number of ether oxygens (including phenoxy) is 2. The number of ketones is 1. The summed E-state index contributed by atoms with van der Waals surface area (Å²) in [4.78, 5) is 23.4. The predicted molar refractivity (Wildman–Crippen MR) is 136 cm³/mol. The maximum absolute atomic E-state index is 13.4. The maximum atomic E-state index is 13.4. The number of rotatable bonds is 7. The molecule has 1 aromatic carbocycles. The van der Waals surface area contributed by atoms with Crippen LogP contribution in [0.3, 0.4) is 0 Å². The van der Waals surface area contributed by atoms with Crippen LogP contribution in [0.15, 0.2) is 36.7 Å². The summed E-state index contributed by atoms with van der Waals surface area (Å²) in [5.74, 6) is 7.58. The topological polar surface area (TPSA) is 120 Å². The number of hydrogen-bond acceptors (Lipinski definition) is 9. The summed E-state index contributed by atoms with van der Waals surface area (Å²) in [5.41, 5.74) is 7.79. The monoisotopic (exact) mass is 505 g/mol. The molecule has 5 rings (SSSR count). The lowest BCUT2D eigenvalue weighted by Crippen LogP contribution is -2.57. The Labute approximate surface area is 213 Å². The molecule has 3 aromatic rings. The summed E-state index contributed by atoms with van der Waals surface area (Å²) in [6, 6.07) is 4.62. The van der Waals surface area contributed by atoms with Crippen LogP contribution < -0.4 is 20.5 Å². The van der Waals surface area contributed by atoms with E-state index < -0.39 is 12.2 Å². The van der Waals surface area contributed by atoms with Crippen molar-refractivity contribution in [2.75, 3.05) is 46.1 Å². The zero-order valence-corrected chi connectivity index (χ0v) is 20.6. The first-order valence-corrected chi connectivity index (χ1v) is 12.0. The molecule has 4 heterocycles. The van der Waals surface area contributed by atoms with Gasteiger partial charge in [0, 0.05) is 37.8 Å². The number of nitrogens with zero attached hydrogens (tertiary/aromatic N) is 5. The molecule has 2 aliphatic rings. The highest BCUT2D eigenvalue weighted by Crippen LogP contribution is 2.29. The Hall–Kier alpha value is -4.01. The van der Waals surface area contributed by atoms with E-state index >= 15 is 0 Å². The fourth-order valence-corrected chi connectivity index (χ4v) is 4.56. The van der Waals surface area contributed by atoms with Gasteiger partial charge in [-0.25, -0.2) is 19.0 Å². The molecule has 0 aliphatic carbocycles. The number of nitrogens with one attached hydrogen (secondary N) is 1. The maximum Gasteiger partial charge on any atom is 0.174 e. The van der Waals surface area contributed by atoms with Crippen molar-refractivity contribution in [3.63, 3.8) is 0 Å². The number of hydrogen-bond donors (Lipinski definition) is 2. The highest BCUT2D eigenvalue weighted by atomic mass is 19.1. The van der Waals surface area contributed by atoms with E-state index in [1.807, 2.05) is 4.90 Å². The van der Waals surface area contributed by atoms with Gasteiger partial charge in [-0.15, -0.1) is 0 Å². The Balaban J connectivity index is 1.40. The standard InChI is InChI=1S/C26H28FN7O3/c1-36-18-10-16(11-19(12-18)37-2)5-6-20-23-25(28)30-15-31-26(23)34(32-20)21-13-29-24(21)22(35)4-3-8-33-9-7-17(27)14-33/h3-4,10-12,15,17,21,24,29H,7-9,13-14H2,1-2H3,(H2,28,30,31)/t17-,21?,24?/m1/s1. The summed E-state index contributed by atoms with van der Waals surface area (Å²) in [7, 11) is 3.15. The fraction of sp³-hybridized carbons (Fsp3) is 0.385. The number of alkyl halides is 1. The molecular formula is C26H28FN7O3. The Morgan fingerprint density at radius 1 is 1.24 bits per heavy atom. The predicted octanol–water partition coefficient (Wildman–Crippen LogP) is 1.51. The molecule has 2 unspecified atom stereocenters. The number of fused-ring (bicyclic) bond motifs is 1. The van der Waals surface area contributed by atoms with E-state index in [9.17, 15) is 9.18 Å². The first-order valence-electron chi connectivity index (χ1n) is 12.0. The van der Waals surface area contributed by atoms with Crippen molar-refractivity contribution in [3.05, 3.63) is 47.9 Å². The van der Waals surface area contributed by atoms with E-state index in [0.29, 0.717) is 66.4 Å². The van der Waals surface area contributed by atoms with Crippen LogP contribution in [0.25, 0.3) is 11.0 Å². The summed E-state index contributed by atoms with van der Waals surface area (Å²) in [5, 5.41) is 8.40. The SMILES string of the molecule is COc1cc(C#Cc2nn(C3CNC3C(=O)C=CCN3CC[C@@H](F)C3)c3ncnc(N)c23)cc(OC)c1. The minimum atomic E-state index is -0.785. The molecule has 0 saturated carbocycles. The zero-order chi connectivity index (χ0) is 25.9. The average molecular weight is 506 g/mol. The van der Waals surface area contributed by atoms with E-state index in [-0.39, 0.29) is 17.6 Å². The molecule has 3 N–H and O–H groups in total. The number of likely N-dealkylation sites (tertiary alicyclic amines) is 1. The molecule has 0 amide bonds. The van der Waals surface area contributed by atoms with Crippen molar-refractivity contribution in [2.24, 2.45) is 0 Å². The van der Waals surface area contributed by atoms with E-state index in [2.05, 4.69) is 32.2 Å². The van der Waals surface area contributed by atoms with Gasteiger partial charge in [-0.2, -0.15) is 5.10 Å². The molecule has 10 nitrogen and oxygen atoms in total. The number of nitrogens with two attached hydrogens (primary N) is 1. The van der Waals surface area contributed by atoms with Crippen LogP contribution in [0.1, 0.15) is 23.7 Å². The normalized spacial score (nSPS) is 21.5. The number of carbonyl (C=O) groups is 1. The molecule has 2 aromatic heterocycles. The summed E-state index contributed by atoms with van der Waals surface area (Å²) in [6.45, 7) is 2.21. The van der Waals surface area contributed by atoms with Crippen molar-refractivity contribution < 1.29 is 18.7 Å². The summed E-state index contributed by atoms with van der Waals surface area (Å²) >= 11 is 0. The van der Waals surface area contributed by atoms with Crippen LogP contribution in [0.4, 0.5) is 10.2 Å². The Morgan fingerprint density at radius 3 is 2.68 bits per heavy atom. The fourth-order valence-electron chi connectivity index (χ4n) is 4.56. The highest BCUT2D eigenvalue weighted by molar-refractivity contribution is 5.96. The van der Waals surface area contributed by atoms with Crippen molar-refractivity contribution >= 4 is 22.6 Å². The van der Waals surface area contributed by atoms with Crippen molar-refractivity contribution in [1.82, 2.24) is 30.0 Å². The molecule has 37 heavy (non-hydrogen) atoms. The van der Waals surface area contributed by atoms with Crippen molar-refractivity contribution in [1.29, 1.82) is 0 Å². The van der Waals surface area contributed by atoms with E-state index in [1.54, 1.807) is 49.3 Å². The number of halogens is 1. The summed E-state index contributed by atoms with van der Waals surface area (Å²) < 4.78 is 25.7. The van der Waals surface area contributed by atoms with Gasteiger partial charge in [-0.05, 0) is 30.6 Å². The highest BCUT2D eigenvalue weighted by Gasteiger charge is 2.38. The van der Waals surface area contributed by atoms with Crippen LogP contribution in [0, 0.1) is 11.8 Å². The number of anilines is 1. The number of carbonyl (C=O) groups excluding carboxylic acids is 1. The Kier molecular flexibility index (Phi) is 7.03. The second-order valence-electron chi connectivity index (χ2n) is 9.01. The lowest BCUT2D eigenvalue weighted by Gasteiger charge is -2.36. The minimum Gasteiger partial charge on any atom is -0.497 e. The number of aromatic nitrogens is 4. The lowest BCUT2D eigenvalue weighted by molar-refractivity contribution is -0.119. The molecule has 0 spiro atoms. The number of nitrogen functional groups attached to an aromatic ring is 1. The first kappa shape index (κ1) is 24.7. The van der Waals surface area contributed by atoms with Gasteiger partial charge < -0.3 is 20.5 Å². The minimum absolute atomic E-state index is 0.0750. The molecular weight excluding hydrogens is 477 g/mol. The van der Waals surface area contributed by atoms with Gasteiger partial charge in [0.05, 0.1) is 31.7 Å². The third kappa shape index (κ3) is 5.12. The van der Waals surface area contributed by atoms with E-state index in [1.165, 1.54) is 6.33 Å². The average Bonchev–Trinajstić information content (AvgIpc) is 3.45. The Morgan fingerprint density at radius 2 is 2.03 bits per heavy atom. The smallest absolute Gasteiger partial charge is 0.174 e. The van der Waals surface area contributed by atoms with Gasteiger partial charge in [0.1, 0.15) is 35.5 Å². The van der Waals surface area contributed by atoms with Crippen LogP contribution in [-0.4, -0.2) is 83.0 Å². The second-order valence-corrected chi connectivity index (χ2v) is 9.01. The van der Waals surface area contributed by atoms with Crippen LogP contribution >= 0.6 is 0 Å². The molecule has 0 radical (unpaired) electrons. The van der Waals surface area contributed by atoms with E-state index in [4.69, 9.17) is 15.2 Å². The molecule has 11 heteroatoms. The lowest BCUT2D eigenvalue weighted by atomic mass is 9.95. The molecule has 2 fully saturated rings. The van der Waals surface area contributed by atoms with Gasteiger partial charge >= 0.3 is 0 Å². The molecule has 192 valence electrons. The number of methoxy groups -OCH3 is 2. The molecule has 2 saturated heterocycles. The molecule has 3 atom stereocenters. The second kappa shape index (κ2) is 10.5. The quantitative estimate of drug-likeness (QED) is 0.364. The van der Waals surface area contributed by atoms with Crippen LogP contribution in [-0.2, 0) is 4.79 Å². The van der Waals surface area contributed by atoms with Gasteiger partial charge in [0.15, 0.2) is 11.4 Å². The van der Waals surface area contributed by atoms with E-state index in [0.717, 1.165) is 0 Å². The van der Waals surface area contributed by atoms with Gasteiger partial charge in [0.25, 0.3) is 0 Å². The molecule has 0 bridgehead atoms. The van der Waals surface area contributed by atoms with Gasteiger partial charge in [-0.1, -0.05) is 12.0 Å². The number of benzene rings is 1. The third-order valence-electron chi connectivity index (χ3n) is 6.61. The molecule has 2 aliphatic heterocycles. The van der Waals surface area contributed by atoms with Gasteiger partial charge in [-0.3, -0.25) is 9.69 Å². The largest absolute Gasteiger partial charge is 0.497 e.